The third kappa shape index (κ3) is 3.88. The summed E-state index contributed by atoms with van der Waals surface area (Å²) in [5.41, 5.74) is 11.8. The number of hydrogen-bond donors (Lipinski definition) is 2. The number of para-hydroxylation sites is 2. The molecule has 3 N–H and O–H groups in total. The van der Waals surface area contributed by atoms with Gasteiger partial charge in [0.05, 0.1) is 26.8 Å². The van der Waals surface area contributed by atoms with Crippen LogP contribution in [-0.2, 0) is 6.54 Å². The summed E-state index contributed by atoms with van der Waals surface area (Å²) in [4.78, 5) is 22.8. The Hall–Kier alpha value is -3.61. The van der Waals surface area contributed by atoms with E-state index in [1.165, 1.54) is 0 Å². The highest BCUT2D eigenvalue weighted by molar-refractivity contribution is 6.42. The molecule has 0 aliphatic carbocycles. The quantitative estimate of drug-likeness (QED) is 0.348. The van der Waals surface area contributed by atoms with Crippen LogP contribution in [0.25, 0.3) is 27.9 Å². The third-order valence-corrected chi connectivity index (χ3v) is 6.20. The van der Waals surface area contributed by atoms with Crippen LogP contribution in [0.3, 0.4) is 0 Å². The SMILES string of the molecule is Cc1ccc(CNC(=O)c2c(N)n(-c3ccc(Cl)c(Cl)c3)c3nc4ccccc4nc23)cc1. The Morgan fingerprint density at radius 2 is 1.67 bits per heavy atom. The van der Waals surface area contributed by atoms with Crippen LogP contribution in [0.2, 0.25) is 10.0 Å². The van der Waals surface area contributed by atoms with Crippen molar-refractivity contribution < 1.29 is 4.79 Å². The zero-order valence-corrected chi connectivity index (χ0v) is 19.2. The van der Waals surface area contributed by atoms with E-state index in [0.29, 0.717) is 44.5 Å². The number of aryl methyl sites for hydroxylation is 1. The number of rotatable bonds is 4. The van der Waals surface area contributed by atoms with Gasteiger partial charge in [-0.3, -0.25) is 9.36 Å². The summed E-state index contributed by atoms with van der Waals surface area (Å²) in [6.07, 6.45) is 0. The first-order valence-electron chi connectivity index (χ1n) is 10.3. The molecule has 8 heteroatoms. The van der Waals surface area contributed by atoms with Crippen LogP contribution in [-0.4, -0.2) is 20.4 Å². The summed E-state index contributed by atoms with van der Waals surface area (Å²) in [5.74, 6) is -0.110. The lowest BCUT2D eigenvalue weighted by molar-refractivity contribution is 0.0953. The lowest BCUT2D eigenvalue weighted by atomic mass is 10.1. The second-order valence-electron chi connectivity index (χ2n) is 7.75. The highest BCUT2D eigenvalue weighted by Crippen LogP contribution is 2.33. The number of nitrogen functional groups attached to an aromatic ring is 1. The minimum absolute atomic E-state index is 0.222. The highest BCUT2D eigenvalue weighted by Gasteiger charge is 2.25. The normalized spacial score (nSPS) is 11.2. The Morgan fingerprint density at radius 3 is 2.36 bits per heavy atom. The van der Waals surface area contributed by atoms with Gasteiger partial charge in [0, 0.05) is 6.54 Å². The van der Waals surface area contributed by atoms with Crippen LogP contribution in [0.4, 0.5) is 5.82 Å². The Morgan fingerprint density at radius 1 is 0.970 bits per heavy atom. The average molecular weight is 476 g/mol. The number of carbonyl (C=O) groups excluding carboxylic acids is 1. The van der Waals surface area contributed by atoms with E-state index in [9.17, 15) is 4.79 Å². The minimum Gasteiger partial charge on any atom is -0.384 e. The van der Waals surface area contributed by atoms with Gasteiger partial charge in [0.25, 0.3) is 5.91 Å². The molecule has 164 valence electrons. The topological polar surface area (TPSA) is 85.8 Å². The van der Waals surface area contributed by atoms with Crippen molar-refractivity contribution in [3.8, 4) is 5.69 Å². The first kappa shape index (κ1) is 21.2. The first-order valence-corrected chi connectivity index (χ1v) is 11.0. The monoisotopic (exact) mass is 475 g/mol. The fraction of sp³-hybridized carbons (Fsp3) is 0.0800. The van der Waals surface area contributed by atoms with Crippen molar-refractivity contribution in [2.75, 3.05) is 5.73 Å². The first-order chi connectivity index (χ1) is 15.9. The molecule has 0 spiro atoms. The molecule has 2 heterocycles. The van der Waals surface area contributed by atoms with Gasteiger partial charge in [0.1, 0.15) is 16.9 Å². The lowest BCUT2D eigenvalue weighted by Gasteiger charge is -2.09. The maximum atomic E-state index is 13.3. The lowest BCUT2D eigenvalue weighted by Crippen LogP contribution is -2.24. The van der Waals surface area contributed by atoms with E-state index in [1.807, 2.05) is 55.5 Å². The number of benzene rings is 3. The Kier molecular flexibility index (Phi) is 5.40. The number of carbonyl (C=O) groups is 1. The van der Waals surface area contributed by atoms with E-state index in [0.717, 1.165) is 11.1 Å². The fourth-order valence-electron chi connectivity index (χ4n) is 3.75. The standard InChI is InChI=1S/C25H19Cl2N5O/c1-14-6-8-15(9-7-14)13-29-25(33)21-22-24(31-20-5-3-2-4-19(20)30-22)32(23(21)28)16-10-11-17(26)18(27)12-16/h2-12H,13,28H2,1H3,(H,29,33). The van der Waals surface area contributed by atoms with E-state index < -0.39 is 0 Å². The van der Waals surface area contributed by atoms with E-state index in [2.05, 4.69) is 5.32 Å². The highest BCUT2D eigenvalue weighted by atomic mass is 35.5. The molecule has 3 aromatic carbocycles. The fourth-order valence-corrected chi connectivity index (χ4v) is 4.04. The molecule has 0 bridgehead atoms. The number of nitrogens with two attached hydrogens (primary N) is 1. The number of nitrogens with zero attached hydrogens (tertiary/aromatic N) is 3. The Balaban J connectivity index is 1.66. The molecule has 33 heavy (non-hydrogen) atoms. The van der Waals surface area contributed by atoms with Gasteiger partial charge in [-0.25, -0.2) is 9.97 Å². The van der Waals surface area contributed by atoms with Crippen LogP contribution in [0.15, 0.2) is 66.7 Å². The molecule has 6 nitrogen and oxygen atoms in total. The Bertz CT molecular complexity index is 1530. The van der Waals surface area contributed by atoms with E-state index in [-0.39, 0.29) is 17.3 Å². The number of anilines is 1. The van der Waals surface area contributed by atoms with Crippen molar-refractivity contribution in [2.24, 2.45) is 0 Å². The number of fused-ring (bicyclic) bond motifs is 2. The van der Waals surface area contributed by atoms with Crippen molar-refractivity contribution in [2.45, 2.75) is 13.5 Å². The molecule has 5 aromatic rings. The predicted molar refractivity (Wildman–Crippen MR) is 133 cm³/mol. The van der Waals surface area contributed by atoms with Gasteiger partial charge in [-0.15, -0.1) is 0 Å². The van der Waals surface area contributed by atoms with E-state index in [4.69, 9.17) is 38.9 Å². The zero-order chi connectivity index (χ0) is 23.1. The molecule has 0 aliphatic rings. The summed E-state index contributed by atoms with van der Waals surface area (Å²) in [5, 5.41) is 3.74. The van der Waals surface area contributed by atoms with Crippen LogP contribution < -0.4 is 11.1 Å². The average Bonchev–Trinajstić information content (AvgIpc) is 3.09. The van der Waals surface area contributed by atoms with Crippen LogP contribution in [0.1, 0.15) is 21.5 Å². The van der Waals surface area contributed by atoms with E-state index >= 15 is 0 Å². The van der Waals surface area contributed by atoms with Crippen molar-refractivity contribution in [3.05, 3.63) is 93.5 Å². The maximum absolute atomic E-state index is 13.3. The minimum atomic E-state index is -0.332. The van der Waals surface area contributed by atoms with Gasteiger partial charge in [0.15, 0.2) is 5.65 Å². The molecule has 0 radical (unpaired) electrons. The van der Waals surface area contributed by atoms with Gasteiger partial charge < -0.3 is 11.1 Å². The molecule has 1 amide bonds. The molecule has 0 aliphatic heterocycles. The summed E-state index contributed by atoms with van der Waals surface area (Å²) in [6.45, 7) is 2.38. The summed E-state index contributed by atoms with van der Waals surface area (Å²) < 4.78 is 1.68. The number of amides is 1. The second-order valence-corrected chi connectivity index (χ2v) is 8.56. The predicted octanol–water partition coefficient (Wildman–Crippen LogP) is 5.70. The Labute approximate surface area is 200 Å². The van der Waals surface area contributed by atoms with Gasteiger partial charge in [-0.05, 0) is 42.8 Å². The van der Waals surface area contributed by atoms with Crippen LogP contribution in [0, 0.1) is 6.92 Å². The second kappa shape index (κ2) is 8.39. The summed E-state index contributed by atoms with van der Waals surface area (Å²) >= 11 is 12.4. The van der Waals surface area contributed by atoms with Gasteiger partial charge >= 0.3 is 0 Å². The maximum Gasteiger partial charge on any atom is 0.257 e. The molecule has 0 atom stereocenters. The van der Waals surface area contributed by atoms with Crippen molar-refractivity contribution >= 4 is 57.1 Å². The summed E-state index contributed by atoms with van der Waals surface area (Å²) in [7, 11) is 0. The van der Waals surface area contributed by atoms with Crippen molar-refractivity contribution in [3.63, 3.8) is 0 Å². The number of nitrogens with one attached hydrogen (secondary N) is 1. The molecule has 2 aromatic heterocycles. The molecular formula is C25H19Cl2N5O. The van der Waals surface area contributed by atoms with Crippen molar-refractivity contribution in [1.82, 2.24) is 19.9 Å². The summed E-state index contributed by atoms with van der Waals surface area (Å²) in [6, 6.07) is 20.6. The number of aromatic nitrogens is 3. The van der Waals surface area contributed by atoms with Gasteiger partial charge in [0.2, 0.25) is 0 Å². The van der Waals surface area contributed by atoms with Crippen molar-refractivity contribution in [1.29, 1.82) is 0 Å². The number of hydrogen-bond acceptors (Lipinski definition) is 4. The smallest absolute Gasteiger partial charge is 0.257 e. The molecule has 0 unspecified atom stereocenters. The van der Waals surface area contributed by atoms with Gasteiger partial charge in [-0.1, -0.05) is 65.2 Å². The molecule has 0 saturated heterocycles. The van der Waals surface area contributed by atoms with E-state index in [1.54, 1.807) is 22.8 Å². The molecule has 5 rings (SSSR count). The third-order valence-electron chi connectivity index (χ3n) is 5.46. The van der Waals surface area contributed by atoms with Gasteiger partial charge in [-0.2, -0.15) is 0 Å². The molecular weight excluding hydrogens is 457 g/mol. The zero-order valence-electron chi connectivity index (χ0n) is 17.6. The number of halogens is 2. The largest absolute Gasteiger partial charge is 0.384 e. The molecule has 0 saturated carbocycles. The van der Waals surface area contributed by atoms with Crippen LogP contribution in [0.5, 0.6) is 0 Å². The molecule has 0 fully saturated rings. The van der Waals surface area contributed by atoms with Crippen LogP contribution >= 0.6 is 23.2 Å².